The van der Waals surface area contributed by atoms with Crippen molar-refractivity contribution in [3.05, 3.63) is 35.9 Å². The van der Waals surface area contributed by atoms with E-state index < -0.39 is 0 Å². The van der Waals surface area contributed by atoms with Crippen molar-refractivity contribution >= 4 is 0 Å². The third kappa shape index (κ3) is 4.33. The zero-order chi connectivity index (χ0) is 11.8. The van der Waals surface area contributed by atoms with E-state index in [1.165, 1.54) is 19.3 Å². The topological polar surface area (TPSA) is 32.3 Å². The number of aliphatic hydroxyl groups is 1. The van der Waals surface area contributed by atoms with Crippen LogP contribution < -0.4 is 5.32 Å². The molecule has 2 N–H and O–H groups in total. The molecule has 0 aliphatic carbocycles. The Kier molecular flexibility index (Phi) is 6.12. The molecule has 0 bridgehead atoms. The van der Waals surface area contributed by atoms with E-state index in [9.17, 15) is 5.11 Å². The molecule has 2 nitrogen and oxygen atoms in total. The SMILES string of the molecule is CCCCC(C)NC(CO)c1ccccc1. The van der Waals surface area contributed by atoms with E-state index >= 15 is 0 Å². The molecule has 0 saturated heterocycles. The normalized spacial score (nSPS) is 14.7. The number of aliphatic hydroxyl groups excluding tert-OH is 1. The molecule has 90 valence electrons. The monoisotopic (exact) mass is 221 g/mol. The quantitative estimate of drug-likeness (QED) is 0.742. The summed E-state index contributed by atoms with van der Waals surface area (Å²) in [6.07, 6.45) is 3.63. The van der Waals surface area contributed by atoms with Gasteiger partial charge in [-0.25, -0.2) is 0 Å². The maximum atomic E-state index is 9.39. The van der Waals surface area contributed by atoms with E-state index in [2.05, 4.69) is 31.3 Å². The average molecular weight is 221 g/mol. The van der Waals surface area contributed by atoms with Gasteiger partial charge in [0.15, 0.2) is 0 Å². The summed E-state index contributed by atoms with van der Waals surface area (Å²) >= 11 is 0. The number of unbranched alkanes of at least 4 members (excludes halogenated alkanes) is 1. The highest BCUT2D eigenvalue weighted by molar-refractivity contribution is 5.18. The minimum atomic E-state index is 0.0630. The summed E-state index contributed by atoms with van der Waals surface area (Å²) in [7, 11) is 0. The lowest BCUT2D eigenvalue weighted by Gasteiger charge is -2.22. The van der Waals surface area contributed by atoms with Gasteiger partial charge in [0.25, 0.3) is 0 Å². The second-order valence-electron chi connectivity index (χ2n) is 4.36. The molecule has 1 rings (SSSR count). The number of rotatable bonds is 7. The highest BCUT2D eigenvalue weighted by atomic mass is 16.3. The smallest absolute Gasteiger partial charge is 0.0626 e. The molecule has 2 heteroatoms. The predicted molar refractivity (Wildman–Crippen MR) is 68.4 cm³/mol. The lowest BCUT2D eigenvalue weighted by Crippen LogP contribution is -2.32. The Labute approximate surface area is 98.7 Å². The fourth-order valence-electron chi connectivity index (χ4n) is 1.88. The van der Waals surface area contributed by atoms with Gasteiger partial charge in [-0.15, -0.1) is 0 Å². The fourth-order valence-corrected chi connectivity index (χ4v) is 1.88. The first kappa shape index (κ1) is 13.2. The van der Waals surface area contributed by atoms with Crippen LogP contribution in [0, 0.1) is 0 Å². The van der Waals surface area contributed by atoms with Crippen LogP contribution in [0.4, 0.5) is 0 Å². The molecule has 2 atom stereocenters. The highest BCUT2D eigenvalue weighted by Gasteiger charge is 2.12. The summed E-state index contributed by atoms with van der Waals surface area (Å²) in [5, 5.41) is 12.9. The van der Waals surface area contributed by atoms with Crippen LogP contribution in [0.5, 0.6) is 0 Å². The Morgan fingerprint density at radius 1 is 1.25 bits per heavy atom. The minimum absolute atomic E-state index is 0.0630. The van der Waals surface area contributed by atoms with E-state index in [1.807, 2.05) is 18.2 Å². The van der Waals surface area contributed by atoms with Gasteiger partial charge >= 0.3 is 0 Å². The highest BCUT2D eigenvalue weighted by Crippen LogP contribution is 2.13. The van der Waals surface area contributed by atoms with Crippen molar-refractivity contribution in [2.75, 3.05) is 6.61 Å². The maximum absolute atomic E-state index is 9.39. The standard InChI is InChI=1S/C14H23NO/c1-3-4-8-12(2)15-14(11-16)13-9-6-5-7-10-13/h5-7,9-10,12,14-16H,3-4,8,11H2,1-2H3. The van der Waals surface area contributed by atoms with Crippen molar-refractivity contribution < 1.29 is 5.11 Å². The third-order valence-corrected chi connectivity index (χ3v) is 2.86. The lowest BCUT2D eigenvalue weighted by molar-refractivity contribution is 0.232. The van der Waals surface area contributed by atoms with Crippen molar-refractivity contribution in [3.8, 4) is 0 Å². The number of hydrogen-bond acceptors (Lipinski definition) is 2. The van der Waals surface area contributed by atoms with Gasteiger partial charge in [0, 0.05) is 6.04 Å². The summed E-state index contributed by atoms with van der Waals surface area (Å²) in [6, 6.07) is 10.6. The van der Waals surface area contributed by atoms with Crippen LogP contribution in [0.3, 0.4) is 0 Å². The Hall–Kier alpha value is -0.860. The first-order chi connectivity index (χ1) is 7.77. The largest absolute Gasteiger partial charge is 0.394 e. The number of hydrogen-bond donors (Lipinski definition) is 2. The first-order valence-corrected chi connectivity index (χ1v) is 6.19. The van der Waals surface area contributed by atoms with Crippen molar-refractivity contribution in [1.29, 1.82) is 0 Å². The van der Waals surface area contributed by atoms with Crippen LogP contribution in [0.2, 0.25) is 0 Å². The van der Waals surface area contributed by atoms with Crippen molar-refractivity contribution in [2.45, 2.75) is 45.2 Å². The van der Waals surface area contributed by atoms with E-state index in [-0.39, 0.29) is 12.6 Å². The average Bonchev–Trinajstić information content (AvgIpc) is 2.34. The fraction of sp³-hybridized carbons (Fsp3) is 0.571. The molecule has 1 aromatic rings. The molecule has 0 amide bonds. The molecule has 2 unspecified atom stereocenters. The van der Waals surface area contributed by atoms with E-state index in [0.29, 0.717) is 6.04 Å². The molecular formula is C14H23NO. The van der Waals surface area contributed by atoms with E-state index in [1.54, 1.807) is 0 Å². The van der Waals surface area contributed by atoms with E-state index in [4.69, 9.17) is 0 Å². The molecule has 0 aromatic heterocycles. The summed E-state index contributed by atoms with van der Waals surface area (Å²) in [5.74, 6) is 0. The molecule has 16 heavy (non-hydrogen) atoms. The van der Waals surface area contributed by atoms with Crippen LogP contribution in [0.1, 0.15) is 44.7 Å². The molecular weight excluding hydrogens is 198 g/mol. The van der Waals surface area contributed by atoms with Crippen molar-refractivity contribution in [1.82, 2.24) is 5.32 Å². The molecule has 0 heterocycles. The Morgan fingerprint density at radius 2 is 1.94 bits per heavy atom. The van der Waals surface area contributed by atoms with Crippen LogP contribution in [0.15, 0.2) is 30.3 Å². The first-order valence-electron chi connectivity index (χ1n) is 6.19. The summed E-state index contributed by atoms with van der Waals surface area (Å²) in [6.45, 7) is 4.54. The predicted octanol–water partition coefficient (Wildman–Crippen LogP) is 2.89. The minimum Gasteiger partial charge on any atom is -0.394 e. The van der Waals surface area contributed by atoms with Gasteiger partial charge in [0.2, 0.25) is 0 Å². The van der Waals surface area contributed by atoms with Gasteiger partial charge in [-0.05, 0) is 18.9 Å². The van der Waals surface area contributed by atoms with Gasteiger partial charge in [-0.1, -0.05) is 50.1 Å². The van der Waals surface area contributed by atoms with Crippen molar-refractivity contribution in [2.24, 2.45) is 0 Å². The van der Waals surface area contributed by atoms with Crippen molar-refractivity contribution in [3.63, 3.8) is 0 Å². The Bertz CT molecular complexity index is 273. The molecule has 0 fully saturated rings. The molecule has 0 spiro atoms. The molecule has 0 radical (unpaired) electrons. The van der Waals surface area contributed by atoms with Gasteiger partial charge < -0.3 is 10.4 Å². The van der Waals surface area contributed by atoms with Crippen LogP contribution in [-0.2, 0) is 0 Å². The van der Waals surface area contributed by atoms with Crippen LogP contribution >= 0.6 is 0 Å². The Balaban J connectivity index is 2.49. The number of benzene rings is 1. The molecule has 1 aromatic carbocycles. The van der Waals surface area contributed by atoms with Gasteiger partial charge in [-0.2, -0.15) is 0 Å². The second-order valence-corrected chi connectivity index (χ2v) is 4.36. The zero-order valence-corrected chi connectivity index (χ0v) is 10.3. The lowest BCUT2D eigenvalue weighted by atomic mass is 10.1. The van der Waals surface area contributed by atoms with Gasteiger partial charge in [-0.3, -0.25) is 0 Å². The third-order valence-electron chi connectivity index (χ3n) is 2.86. The summed E-state index contributed by atoms with van der Waals surface area (Å²) in [4.78, 5) is 0. The van der Waals surface area contributed by atoms with Gasteiger partial charge in [0.1, 0.15) is 0 Å². The molecule has 0 aliphatic heterocycles. The van der Waals surface area contributed by atoms with E-state index in [0.717, 1.165) is 5.56 Å². The summed E-state index contributed by atoms with van der Waals surface area (Å²) in [5.41, 5.74) is 1.16. The van der Waals surface area contributed by atoms with Crippen LogP contribution in [-0.4, -0.2) is 17.8 Å². The second kappa shape index (κ2) is 7.42. The molecule has 0 aliphatic rings. The maximum Gasteiger partial charge on any atom is 0.0626 e. The van der Waals surface area contributed by atoms with Crippen LogP contribution in [0.25, 0.3) is 0 Å². The Morgan fingerprint density at radius 3 is 2.50 bits per heavy atom. The molecule has 0 saturated carbocycles. The number of nitrogens with one attached hydrogen (secondary N) is 1. The summed E-state index contributed by atoms with van der Waals surface area (Å²) < 4.78 is 0. The zero-order valence-electron chi connectivity index (χ0n) is 10.3. The van der Waals surface area contributed by atoms with Gasteiger partial charge in [0.05, 0.1) is 12.6 Å².